The highest BCUT2D eigenvalue weighted by Gasteiger charge is 2.24. The summed E-state index contributed by atoms with van der Waals surface area (Å²) in [7, 11) is 0. The average molecular weight is 329 g/mol. The molecule has 118 valence electrons. The normalized spacial score (nSPS) is 16.4. The van der Waals surface area contributed by atoms with Gasteiger partial charge in [-0.15, -0.1) is 0 Å². The van der Waals surface area contributed by atoms with Crippen molar-refractivity contribution in [1.29, 1.82) is 0 Å². The Morgan fingerprint density at radius 2 is 1.91 bits per heavy atom. The molecule has 0 saturated carbocycles. The van der Waals surface area contributed by atoms with Crippen LogP contribution in [0.25, 0.3) is 0 Å². The molecule has 1 heterocycles. The molecule has 1 aliphatic rings. The first-order chi connectivity index (χ1) is 11.1. The van der Waals surface area contributed by atoms with Gasteiger partial charge in [0.1, 0.15) is 0 Å². The Kier molecular flexibility index (Phi) is 4.63. The van der Waals surface area contributed by atoms with Crippen molar-refractivity contribution < 1.29 is 9.59 Å². The van der Waals surface area contributed by atoms with Crippen molar-refractivity contribution in [3.8, 4) is 0 Å². The third-order valence-electron chi connectivity index (χ3n) is 4.01. The van der Waals surface area contributed by atoms with Gasteiger partial charge in [-0.3, -0.25) is 9.59 Å². The molecular formula is C18H17ClN2O2. The minimum Gasteiger partial charge on any atom is -0.355 e. The van der Waals surface area contributed by atoms with Crippen molar-refractivity contribution in [2.45, 2.75) is 12.3 Å². The van der Waals surface area contributed by atoms with Crippen LogP contribution >= 0.6 is 11.6 Å². The summed E-state index contributed by atoms with van der Waals surface area (Å²) in [6.07, 6.45) is 0.250. The lowest BCUT2D eigenvalue weighted by molar-refractivity contribution is -0.120. The van der Waals surface area contributed by atoms with E-state index in [1.807, 2.05) is 42.5 Å². The van der Waals surface area contributed by atoms with Crippen LogP contribution in [0, 0.1) is 0 Å². The molecule has 4 nitrogen and oxygen atoms in total. The minimum atomic E-state index is -0.0764. The third-order valence-corrected chi connectivity index (χ3v) is 4.38. The molecule has 2 amide bonds. The van der Waals surface area contributed by atoms with E-state index in [4.69, 9.17) is 11.6 Å². The summed E-state index contributed by atoms with van der Waals surface area (Å²) in [6.45, 7) is 1.02. The standard InChI is InChI=1S/C18H17ClN2O2/c19-16-8-4-1-5-12(16)9-17(22)20-10-13-11-21-18(23)15-7-3-2-6-14(13)15/h1-8,13H,9-11H2,(H,20,22)(H,21,23). The zero-order chi connectivity index (χ0) is 16.2. The van der Waals surface area contributed by atoms with Crippen molar-refractivity contribution in [2.75, 3.05) is 13.1 Å². The summed E-state index contributed by atoms with van der Waals surface area (Å²) in [4.78, 5) is 24.0. The number of nitrogens with one attached hydrogen (secondary N) is 2. The summed E-state index contributed by atoms with van der Waals surface area (Å²) in [5.74, 6) is -0.0502. The number of fused-ring (bicyclic) bond motifs is 1. The van der Waals surface area contributed by atoms with Gasteiger partial charge in [0.05, 0.1) is 6.42 Å². The highest BCUT2D eigenvalue weighted by Crippen LogP contribution is 2.23. The van der Waals surface area contributed by atoms with Crippen molar-refractivity contribution >= 4 is 23.4 Å². The first-order valence-corrected chi connectivity index (χ1v) is 7.90. The first-order valence-electron chi connectivity index (χ1n) is 7.52. The maximum atomic E-state index is 12.1. The zero-order valence-corrected chi connectivity index (χ0v) is 13.3. The Morgan fingerprint density at radius 1 is 1.17 bits per heavy atom. The summed E-state index contributed by atoms with van der Waals surface area (Å²) in [5, 5.41) is 6.39. The second-order valence-electron chi connectivity index (χ2n) is 5.57. The molecule has 3 rings (SSSR count). The lowest BCUT2D eigenvalue weighted by Gasteiger charge is -2.25. The van der Waals surface area contributed by atoms with Crippen molar-refractivity contribution in [3.63, 3.8) is 0 Å². The highest BCUT2D eigenvalue weighted by molar-refractivity contribution is 6.31. The molecule has 1 aliphatic heterocycles. The van der Waals surface area contributed by atoms with Crippen LogP contribution in [0.15, 0.2) is 48.5 Å². The van der Waals surface area contributed by atoms with E-state index in [9.17, 15) is 9.59 Å². The zero-order valence-electron chi connectivity index (χ0n) is 12.5. The number of hydrogen-bond acceptors (Lipinski definition) is 2. The van der Waals surface area contributed by atoms with Crippen molar-refractivity contribution in [3.05, 3.63) is 70.2 Å². The molecule has 0 bridgehead atoms. The van der Waals surface area contributed by atoms with E-state index in [1.165, 1.54) is 0 Å². The van der Waals surface area contributed by atoms with Gasteiger partial charge in [-0.1, -0.05) is 48.0 Å². The monoisotopic (exact) mass is 328 g/mol. The van der Waals surface area contributed by atoms with Crippen molar-refractivity contribution in [2.24, 2.45) is 0 Å². The number of carbonyl (C=O) groups excluding carboxylic acids is 2. The largest absolute Gasteiger partial charge is 0.355 e. The molecule has 2 aromatic rings. The predicted molar refractivity (Wildman–Crippen MR) is 89.7 cm³/mol. The molecule has 23 heavy (non-hydrogen) atoms. The molecule has 2 aromatic carbocycles. The number of benzene rings is 2. The smallest absolute Gasteiger partial charge is 0.251 e. The van der Waals surface area contributed by atoms with Crippen LogP contribution in [0.3, 0.4) is 0 Å². The van der Waals surface area contributed by atoms with Crippen LogP contribution in [-0.2, 0) is 11.2 Å². The maximum Gasteiger partial charge on any atom is 0.251 e. The Labute approximate surface area is 139 Å². The fourth-order valence-electron chi connectivity index (χ4n) is 2.78. The van der Waals surface area contributed by atoms with Crippen LogP contribution in [0.2, 0.25) is 5.02 Å². The van der Waals surface area contributed by atoms with Crippen LogP contribution in [0.1, 0.15) is 27.4 Å². The van der Waals surface area contributed by atoms with E-state index in [2.05, 4.69) is 10.6 Å². The Balaban J connectivity index is 1.63. The maximum absolute atomic E-state index is 12.1. The molecule has 0 saturated heterocycles. The molecule has 0 fully saturated rings. The number of rotatable bonds is 4. The molecule has 0 radical (unpaired) electrons. The molecule has 2 N–H and O–H groups in total. The summed E-state index contributed by atoms with van der Waals surface area (Å²) in [6, 6.07) is 14.8. The fourth-order valence-corrected chi connectivity index (χ4v) is 2.98. The molecule has 0 spiro atoms. The summed E-state index contributed by atoms with van der Waals surface area (Å²) < 4.78 is 0. The minimum absolute atomic E-state index is 0.0563. The van der Waals surface area contributed by atoms with Gasteiger partial charge in [0, 0.05) is 29.6 Å². The van der Waals surface area contributed by atoms with Crippen LogP contribution in [0.5, 0.6) is 0 Å². The highest BCUT2D eigenvalue weighted by atomic mass is 35.5. The van der Waals surface area contributed by atoms with E-state index in [0.717, 1.165) is 11.1 Å². The second-order valence-corrected chi connectivity index (χ2v) is 5.97. The van der Waals surface area contributed by atoms with E-state index in [-0.39, 0.29) is 24.2 Å². The number of carbonyl (C=O) groups is 2. The van der Waals surface area contributed by atoms with E-state index < -0.39 is 0 Å². The molecule has 0 aromatic heterocycles. The molecule has 1 atom stereocenters. The average Bonchev–Trinajstić information content (AvgIpc) is 2.57. The van der Waals surface area contributed by atoms with E-state index >= 15 is 0 Å². The van der Waals surface area contributed by atoms with Gasteiger partial charge in [0.2, 0.25) is 5.91 Å². The Bertz CT molecular complexity index is 745. The van der Waals surface area contributed by atoms with Gasteiger partial charge in [-0.25, -0.2) is 0 Å². The van der Waals surface area contributed by atoms with Gasteiger partial charge >= 0.3 is 0 Å². The lowest BCUT2D eigenvalue weighted by Crippen LogP contribution is -2.40. The molecular weight excluding hydrogens is 312 g/mol. The lowest BCUT2D eigenvalue weighted by atomic mass is 9.90. The number of hydrogen-bond donors (Lipinski definition) is 2. The molecule has 0 aliphatic carbocycles. The van der Waals surface area contributed by atoms with Crippen LogP contribution in [0.4, 0.5) is 0 Å². The Hall–Kier alpha value is -2.33. The SMILES string of the molecule is O=C(Cc1ccccc1Cl)NCC1CNC(=O)c2ccccc21. The molecule has 1 unspecified atom stereocenters. The summed E-state index contributed by atoms with van der Waals surface area (Å²) >= 11 is 6.07. The van der Waals surface area contributed by atoms with Gasteiger partial charge in [0.25, 0.3) is 5.91 Å². The molecule has 5 heteroatoms. The number of amides is 2. The number of halogens is 1. The van der Waals surface area contributed by atoms with Gasteiger partial charge in [-0.2, -0.15) is 0 Å². The van der Waals surface area contributed by atoms with Crippen LogP contribution < -0.4 is 10.6 Å². The first kappa shape index (κ1) is 15.6. The summed E-state index contributed by atoms with van der Waals surface area (Å²) in [5.41, 5.74) is 2.47. The fraction of sp³-hybridized carbons (Fsp3) is 0.222. The second kappa shape index (κ2) is 6.84. The van der Waals surface area contributed by atoms with E-state index in [1.54, 1.807) is 6.07 Å². The van der Waals surface area contributed by atoms with Gasteiger partial charge < -0.3 is 10.6 Å². The van der Waals surface area contributed by atoms with Crippen LogP contribution in [-0.4, -0.2) is 24.9 Å². The predicted octanol–water partition coefficient (Wildman–Crippen LogP) is 2.53. The van der Waals surface area contributed by atoms with Crippen molar-refractivity contribution in [1.82, 2.24) is 10.6 Å². The third kappa shape index (κ3) is 3.54. The van der Waals surface area contributed by atoms with Gasteiger partial charge in [-0.05, 0) is 23.3 Å². The Morgan fingerprint density at radius 3 is 2.74 bits per heavy atom. The topological polar surface area (TPSA) is 58.2 Å². The van der Waals surface area contributed by atoms with Gasteiger partial charge in [0.15, 0.2) is 0 Å². The quantitative estimate of drug-likeness (QED) is 0.906. The van der Waals surface area contributed by atoms with E-state index in [0.29, 0.717) is 23.7 Å².